The van der Waals surface area contributed by atoms with Crippen LogP contribution < -0.4 is 0 Å². The SMILES string of the molecule is CC1(C)Cc2nc(C=O)ccc2C(C)(C)C1. The number of aldehydes is 1. The molecule has 1 aromatic rings. The lowest BCUT2D eigenvalue weighted by atomic mass is 9.64. The lowest BCUT2D eigenvalue weighted by molar-refractivity contribution is 0.111. The number of rotatable bonds is 1. The maximum absolute atomic E-state index is 10.8. The Labute approximate surface area is 97.1 Å². The average molecular weight is 217 g/mol. The molecule has 1 aliphatic carbocycles. The topological polar surface area (TPSA) is 30.0 Å². The number of fused-ring (bicyclic) bond motifs is 1. The van der Waals surface area contributed by atoms with E-state index in [0.717, 1.165) is 24.8 Å². The zero-order chi connectivity index (χ0) is 12.0. The summed E-state index contributed by atoms with van der Waals surface area (Å²) in [7, 11) is 0. The van der Waals surface area contributed by atoms with Crippen LogP contribution in [0, 0.1) is 5.41 Å². The summed E-state index contributed by atoms with van der Waals surface area (Å²) in [5.41, 5.74) is 3.38. The molecule has 0 fully saturated rings. The zero-order valence-electron chi connectivity index (χ0n) is 10.5. The van der Waals surface area contributed by atoms with Crippen LogP contribution in [0.1, 0.15) is 55.9 Å². The maximum atomic E-state index is 10.8. The van der Waals surface area contributed by atoms with Gasteiger partial charge < -0.3 is 0 Å². The molecule has 1 aliphatic rings. The van der Waals surface area contributed by atoms with Gasteiger partial charge in [0.2, 0.25) is 0 Å². The quantitative estimate of drug-likeness (QED) is 0.676. The van der Waals surface area contributed by atoms with Gasteiger partial charge in [-0.2, -0.15) is 0 Å². The molecule has 2 rings (SSSR count). The van der Waals surface area contributed by atoms with E-state index in [1.807, 2.05) is 6.07 Å². The molecule has 0 unspecified atom stereocenters. The Hall–Kier alpha value is -1.18. The lowest BCUT2D eigenvalue weighted by Gasteiger charge is -2.41. The third-order valence-electron chi connectivity index (χ3n) is 3.41. The van der Waals surface area contributed by atoms with Crippen LogP contribution in [0.4, 0.5) is 0 Å². The van der Waals surface area contributed by atoms with Gasteiger partial charge in [-0.1, -0.05) is 33.8 Å². The second kappa shape index (κ2) is 3.41. The van der Waals surface area contributed by atoms with Gasteiger partial charge in [0, 0.05) is 5.69 Å². The summed E-state index contributed by atoms with van der Waals surface area (Å²) < 4.78 is 0. The highest BCUT2D eigenvalue weighted by molar-refractivity contribution is 5.72. The third-order valence-corrected chi connectivity index (χ3v) is 3.41. The third kappa shape index (κ3) is 1.89. The summed E-state index contributed by atoms with van der Waals surface area (Å²) >= 11 is 0. The van der Waals surface area contributed by atoms with Gasteiger partial charge in [-0.3, -0.25) is 4.79 Å². The number of carbonyl (C=O) groups is 1. The second-order valence-electron chi connectivity index (χ2n) is 6.25. The van der Waals surface area contributed by atoms with E-state index in [1.165, 1.54) is 5.56 Å². The summed E-state index contributed by atoms with van der Waals surface area (Å²) in [4.78, 5) is 15.2. The summed E-state index contributed by atoms with van der Waals surface area (Å²) in [6, 6.07) is 3.90. The van der Waals surface area contributed by atoms with Crippen LogP contribution in [0.15, 0.2) is 12.1 Å². The van der Waals surface area contributed by atoms with Gasteiger partial charge in [-0.25, -0.2) is 4.98 Å². The van der Waals surface area contributed by atoms with Gasteiger partial charge in [0.15, 0.2) is 6.29 Å². The van der Waals surface area contributed by atoms with Crippen LogP contribution in [0.3, 0.4) is 0 Å². The first kappa shape index (κ1) is 11.3. The first-order valence-electron chi connectivity index (χ1n) is 5.80. The van der Waals surface area contributed by atoms with Crippen molar-refractivity contribution in [3.8, 4) is 0 Å². The zero-order valence-corrected chi connectivity index (χ0v) is 10.5. The lowest BCUT2D eigenvalue weighted by Crippen LogP contribution is -2.35. The number of aromatic nitrogens is 1. The summed E-state index contributed by atoms with van der Waals surface area (Å²) in [6.07, 6.45) is 2.96. The fraction of sp³-hybridized carbons (Fsp3) is 0.571. The predicted molar refractivity (Wildman–Crippen MR) is 64.8 cm³/mol. The van der Waals surface area contributed by atoms with Crippen LogP contribution in [-0.4, -0.2) is 11.3 Å². The highest BCUT2D eigenvalue weighted by Crippen LogP contribution is 2.44. The number of nitrogens with zero attached hydrogens (tertiary/aromatic N) is 1. The Morgan fingerprint density at radius 1 is 1.25 bits per heavy atom. The molecule has 16 heavy (non-hydrogen) atoms. The van der Waals surface area contributed by atoms with Crippen molar-refractivity contribution in [2.24, 2.45) is 5.41 Å². The van der Waals surface area contributed by atoms with Crippen molar-refractivity contribution >= 4 is 6.29 Å². The molecule has 0 amide bonds. The van der Waals surface area contributed by atoms with Crippen molar-refractivity contribution in [2.45, 2.75) is 46.0 Å². The van der Waals surface area contributed by atoms with E-state index in [-0.39, 0.29) is 10.8 Å². The van der Waals surface area contributed by atoms with Gasteiger partial charge in [0.25, 0.3) is 0 Å². The van der Waals surface area contributed by atoms with Gasteiger partial charge in [0.1, 0.15) is 5.69 Å². The molecule has 86 valence electrons. The molecule has 0 saturated carbocycles. The Balaban J connectivity index is 2.55. The molecular weight excluding hydrogens is 198 g/mol. The molecule has 1 aromatic heterocycles. The Morgan fingerprint density at radius 2 is 1.94 bits per heavy atom. The van der Waals surface area contributed by atoms with Gasteiger partial charge >= 0.3 is 0 Å². The van der Waals surface area contributed by atoms with Gasteiger partial charge in [-0.15, -0.1) is 0 Å². The Morgan fingerprint density at radius 3 is 2.56 bits per heavy atom. The molecule has 0 atom stereocenters. The van der Waals surface area contributed by atoms with Crippen molar-refractivity contribution in [3.63, 3.8) is 0 Å². The monoisotopic (exact) mass is 217 g/mol. The van der Waals surface area contributed by atoms with E-state index < -0.39 is 0 Å². The van der Waals surface area contributed by atoms with E-state index in [4.69, 9.17) is 0 Å². The summed E-state index contributed by atoms with van der Waals surface area (Å²) in [6.45, 7) is 9.06. The summed E-state index contributed by atoms with van der Waals surface area (Å²) in [5.74, 6) is 0. The largest absolute Gasteiger partial charge is 0.296 e. The highest BCUT2D eigenvalue weighted by atomic mass is 16.1. The minimum absolute atomic E-state index is 0.158. The van der Waals surface area contributed by atoms with E-state index >= 15 is 0 Å². The van der Waals surface area contributed by atoms with Crippen LogP contribution in [0.5, 0.6) is 0 Å². The normalized spacial score (nSPS) is 21.2. The number of pyridine rings is 1. The van der Waals surface area contributed by atoms with Gasteiger partial charge in [-0.05, 0) is 35.3 Å². The maximum Gasteiger partial charge on any atom is 0.168 e. The highest BCUT2D eigenvalue weighted by Gasteiger charge is 2.37. The van der Waals surface area contributed by atoms with Crippen molar-refractivity contribution in [3.05, 3.63) is 29.1 Å². The average Bonchev–Trinajstić information content (AvgIpc) is 2.13. The predicted octanol–water partition coefficient (Wildman–Crippen LogP) is 3.14. The standard InChI is InChI=1S/C14H19NO/c1-13(2)7-12-11(14(3,4)9-13)6-5-10(8-16)15-12/h5-6,8H,7,9H2,1-4H3. The smallest absolute Gasteiger partial charge is 0.168 e. The van der Waals surface area contributed by atoms with Crippen molar-refractivity contribution in [1.29, 1.82) is 0 Å². The van der Waals surface area contributed by atoms with Crippen molar-refractivity contribution in [1.82, 2.24) is 4.98 Å². The molecule has 2 heteroatoms. The van der Waals surface area contributed by atoms with E-state index in [2.05, 4.69) is 38.7 Å². The first-order valence-corrected chi connectivity index (χ1v) is 5.80. The first-order chi connectivity index (χ1) is 7.34. The van der Waals surface area contributed by atoms with Crippen LogP contribution in [0.2, 0.25) is 0 Å². The molecular formula is C14H19NO. The fourth-order valence-electron chi connectivity index (χ4n) is 3.14. The second-order valence-corrected chi connectivity index (χ2v) is 6.25. The van der Waals surface area contributed by atoms with E-state index in [0.29, 0.717) is 5.69 Å². The molecule has 2 nitrogen and oxygen atoms in total. The van der Waals surface area contributed by atoms with Crippen LogP contribution >= 0.6 is 0 Å². The molecule has 0 spiro atoms. The number of carbonyl (C=O) groups excluding carboxylic acids is 1. The van der Waals surface area contributed by atoms with Crippen molar-refractivity contribution in [2.75, 3.05) is 0 Å². The minimum atomic E-state index is 0.158. The number of hydrogen-bond donors (Lipinski definition) is 0. The molecule has 0 aliphatic heterocycles. The van der Waals surface area contributed by atoms with Crippen LogP contribution in [0.25, 0.3) is 0 Å². The molecule has 0 N–H and O–H groups in total. The summed E-state index contributed by atoms with van der Waals surface area (Å²) in [5, 5.41) is 0. The molecule has 0 radical (unpaired) electrons. The molecule has 0 bridgehead atoms. The Kier molecular flexibility index (Phi) is 2.41. The Bertz CT molecular complexity index is 432. The van der Waals surface area contributed by atoms with Crippen LogP contribution in [-0.2, 0) is 11.8 Å². The van der Waals surface area contributed by atoms with E-state index in [1.54, 1.807) is 0 Å². The van der Waals surface area contributed by atoms with Gasteiger partial charge in [0.05, 0.1) is 0 Å². The fourth-order valence-corrected chi connectivity index (χ4v) is 3.14. The minimum Gasteiger partial charge on any atom is -0.296 e. The van der Waals surface area contributed by atoms with E-state index in [9.17, 15) is 4.79 Å². The molecule has 0 saturated heterocycles. The van der Waals surface area contributed by atoms with Crippen molar-refractivity contribution < 1.29 is 4.79 Å². The molecule has 1 heterocycles. The molecule has 0 aromatic carbocycles. The number of hydrogen-bond acceptors (Lipinski definition) is 2.